The van der Waals surface area contributed by atoms with Crippen LogP contribution in [0, 0.1) is 15.9 Å². The van der Waals surface area contributed by atoms with Crippen LogP contribution in [0.2, 0.25) is 0 Å². The molecule has 0 saturated heterocycles. The van der Waals surface area contributed by atoms with E-state index < -0.39 is 22.6 Å². The van der Waals surface area contributed by atoms with Crippen molar-refractivity contribution in [2.75, 3.05) is 6.61 Å². The number of halogens is 2. The Labute approximate surface area is 195 Å². The van der Waals surface area contributed by atoms with Gasteiger partial charge in [0, 0.05) is 12.1 Å². The van der Waals surface area contributed by atoms with E-state index in [1.807, 2.05) is 0 Å². The topological polar surface area (TPSA) is 120 Å². The quantitative estimate of drug-likeness (QED) is 0.157. The maximum Gasteiger partial charge on any atom is 0.343 e. The summed E-state index contributed by atoms with van der Waals surface area (Å²) >= 11 is 3.15. The molecular weight excluding hydrogens is 501 g/mol. The molecule has 0 radical (unpaired) electrons. The molecule has 168 valence electrons. The number of nitrogens with zero attached hydrogens (tertiary/aromatic N) is 2. The van der Waals surface area contributed by atoms with Gasteiger partial charge in [-0.3, -0.25) is 14.9 Å². The van der Waals surface area contributed by atoms with E-state index in [2.05, 4.69) is 26.5 Å². The van der Waals surface area contributed by atoms with Crippen molar-refractivity contribution < 1.29 is 28.4 Å². The van der Waals surface area contributed by atoms with Crippen LogP contribution in [0.5, 0.6) is 11.5 Å². The zero-order valence-corrected chi connectivity index (χ0v) is 18.3. The van der Waals surface area contributed by atoms with Crippen LogP contribution in [-0.2, 0) is 4.79 Å². The number of hydrogen-bond acceptors (Lipinski definition) is 7. The Hall–Kier alpha value is -4.12. The lowest BCUT2D eigenvalue weighted by molar-refractivity contribution is -0.384. The molecule has 0 spiro atoms. The molecule has 0 unspecified atom stereocenters. The van der Waals surface area contributed by atoms with E-state index in [-0.39, 0.29) is 29.4 Å². The second-order valence-corrected chi connectivity index (χ2v) is 7.28. The van der Waals surface area contributed by atoms with E-state index >= 15 is 0 Å². The second kappa shape index (κ2) is 11.0. The number of non-ortho nitro benzene ring substituents is 1. The molecule has 9 nitrogen and oxygen atoms in total. The zero-order chi connectivity index (χ0) is 23.8. The Kier molecular flexibility index (Phi) is 7.82. The Morgan fingerprint density at radius 3 is 2.64 bits per heavy atom. The van der Waals surface area contributed by atoms with Crippen molar-refractivity contribution in [2.45, 2.75) is 0 Å². The lowest BCUT2D eigenvalue weighted by Crippen LogP contribution is -2.24. The molecule has 0 aromatic heterocycles. The number of hydrogen-bond donors (Lipinski definition) is 1. The number of nitro groups is 1. The van der Waals surface area contributed by atoms with Gasteiger partial charge in [-0.15, -0.1) is 0 Å². The fraction of sp³-hybridized carbons (Fsp3) is 0.0455. The Bertz CT molecular complexity index is 1230. The molecule has 33 heavy (non-hydrogen) atoms. The van der Waals surface area contributed by atoms with Crippen molar-refractivity contribution in [1.29, 1.82) is 0 Å². The van der Waals surface area contributed by atoms with Gasteiger partial charge < -0.3 is 9.47 Å². The largest absolute Gasteiger partial charge is 0.483 e. The monoisotopic (exact) mass is 515 g/mol. The number of hydrazone groups is 1. The summed E-state index contributed by atoms with van der Waals surface area (Å²) in [7, 11) is 0. The number of carbonyl (C=O) groups is 2. The molecule has 0 aliphatic carbocycles. The van der Waals surface area contributed by atoms with Crippen molar-refractivity contribution in [3.05, 3.63) is 98.3 Å². The van der Waals surface area contributed by atoms with E-state index in [1.165, 1.54) is 48.7 Å². The molecular formula is C22H15BrFN3O6. The molecule has 0 saturated carbocycles. The average Bonchev–Trinajstić information content (AvgIpc) is 2.78. The fourth-order valence-corrected chi connectivity index (χ4v) is 3.00. The summed E-state index contributed by atoms with van der Waals surface area (Å²) < 4.78 is 24.1. The molecule has 0 bridgehead atoms. The van der Waals surface area contributed by atoms with Crippen LogP contribution >= 0.6 is 15.9 Å². The van der Waals surface area contributed by atoms with Crippen LogP contribution in [0.3, 0.4) is 0 Å². The average molecular weight is 516 g/mol. The van der Waals surface area contributed by atoms with Crippen molar-refractivity contribution in [3.63, 3.8) is 0 Å². The maximum atomic E-state index is 13.3. The number of ether oxygens (including phenoxy) is 2. The lowest BCUT2D eigenvalue weighted by Gasteiger charge is -2.07. The minimum atomic E-state index is -0.716. The van der Waals surface area contributed by atoms with Crippen molar-refractivity contribution in [1.82, 2.24) is 5.43 Å². The normalized spacial score (nSPS) is 10.6. The van der Waals surface area contributed by atoms with Gasteiger partial charge in [-0.1, -0.05) is 18.2 Å². The van der Waals surface area contributed by atoms with E-state index in [1.54, 1.807) is 18.2 Å². The number of nitro benzene ring substituents is 1. The number of esters is 1. The predicted molar refractivity (Wildman–Crippen MR) is 120 cm³/mol. The molecule has 0 aliphatic heterocycles. The van der Waals surface area contributed by atoms with Gasteiger partial charge in [0.1, 0.15) is 17.3 Å². The first-order valence-corrected chi connectivity index (χ1v) is 10.1. The minimum Gasteiger partial charge on any atom is -0.483 e. The van der Waals surface area contributed by atoms with E-state index in [4.69, 9.17) is 9.47 Å². The van der Waals surface area contributed by atoms with Crippen molar-refractivity contribution in [3.8, 4) is 11.5 Å². The van der Waals surface area contributed by atoms with Crippen LogP contribution < -0.4 is 14.9 Å². The summed E-state index contributed by atoms with van der Waals surface area (Å²) in [6.07, 6.45) is 1.33. The van der Waals surface area contributed by atoms with Gasteiger partial charge in [0.2, 0.25) is 0 Å². The summed E-state index contributed by atoms with van der Waals surface area (Å²) in [6.45, 7) is -0.376. The van der Waals surface area contributed by atoms with E-state index in [0.29, 0.717) is 10.0 Å². The molecule has 0 atom stereocenters. The molecule has 3 rings (SSSR count). The summed E-state index contributed by atoms with van der Waals surface area (Å²) in [6, 6.07) is 15.4. The molecule has 3 aromatic carbocycles. The van der Waals surface area contributed by atoms with E-state index in [0.717, 1.165) is 6.07 Å². The molecule has 1 amide bonds. The lowest BCUT2D eigenvalue weighted by atomic mass is 10.2. The summed E-state index contributed by atoms with van der Waals surface area (Å²) in [4.78, 5) is 34.2. The van der Waals surface area contributed by atoms with Crippen molar-refractivity contribution >= 4 is 39.7 Å². The van der Waals surface area contributed by atoms with E-state index in [9.17, 15) is 24.1 Å². The van der Waals surface area contributed by atoms with Crippen molar-refractivity contribution in [2.24, 2.45) is 5.10 Å². The van der Waals surface area contributed by atoms with Gasteiger partial charge >= 0.3 is 5.97 Å². The van der Waals surface area contributed by atoms with Gasteiger partial charge in [-0.05, 0) is 57.9 Å². The number of rotatable bonds is 8. The van der Waals surface area contributed by atoms with Crippen LogP contribution in [0.1, 0.15) is 15.9 Å². The zero-order valence-electron chi connectivity index (χ0n) is 16.7. The standard InChI is InChI=1S/C22H15BrFN3O6/c23-19-11-17(27(30)31)7-8-20(19)32-13-21(28)26-25-12-14-3-1-6-18(9-14)33-22(29)15-4-2-5-16(24)10-15/h1-12H,13H2,(H,26,28)/b25-12-. The number of nitrogens with one attached hydrogen (secondary N) is 1. The maximum absolute atomic E-state index is 13.3. The first-order valence-electron chi connectivity index (χ1n) is 9.28. The molecule has 0 fully saturated rings. The number of amides is 1. The summed E-state index contributed by atoms with van der Waals surface area (Å²) in [5, 5.41) is 14.6. The van der Waals surface area contributed by atoms with Gasteiger partial charge in [-0.2, -0.15) is 5.10 Å². The summed E-state index contributed by atoms with van der Waals surface area (Å²) in [5.74, 6) is -1.36. The third-order valence-corrected chi connectivity index (χ3v) is 4.64. The molecule has 3 aromatic rings. The highest BCUT2D eigenvalue weighted by atomic mass is 79.9. The van der Waals surface area contributed by atoms with Gasteiger partial charge in [0.25, 0.3) is 11.6 Å². The SMILES string of the molecule is O=C(COc1ccc([N+](=O)[O-])cc1Br)N/N=C\c1cccc(OC(=O)c2cccc(F)c2)c1. The van der Waals surface area contributed by atoms with Crippen LogP contribution in [0.25, 0.3) is 0 Å². The Balaban J connectivity index is 1.52. The van der Waals surface area contributed by atoms with Gasteiger partial charge in [0.05, 0.1) is 21.2 Å². The van der Waals surface area contributed by atoms with Gasteiger partial charge in [-0.25, -0.2) is 14.6 Å². The fourth-order valence-electron chi connectivity index (χ4n) is 2.51. The molecule has 0 aliphatic rings. The Morgan fingerprint density at radius 2 is 1.91 bits per heavy atom. The third kappa shape index (κ3) is 6.94. The summed E-state index contributed by atoms with van der Waals surface area (Å²) in [5.41, 5.74) is 2.75. The number of benzene rings is 3. The highest BCUT2D eigenvalue weighted by molar-refractivity contribution is 9.10. The molecule has 11 heteroatoms. The highest BCUT2D eigenvalue weighted by Crippen LogP contribution is 2.29. The Morgan fingerprint density at radius 1 is 1.12 bits per heavy atom. The predicted octanol–water partition coefficient (Wildman–Crippen LogP) is 4.24. The van der Waals surface area contributed by atoms with Gasteiger partial charge in [0.15, 0.2) is 6.61 Å². The van der Waals surface area contributed by atoms with Crippen LogP contribution in [0.15, 0.2) is 76.3 Å². The molecule has 0 heterocycles. The smallest absolute Gasteiger partial charge is 0.343 e. The second-order valence-electron chi connectivity index (χ2n) is 6.43. The van der Waals surface area contributed by atoms with Crippen LogP contribution in [-0.4, -0.2) is 29.6 Å². The van der Waals surface area contributed by atoms with Crippen LogP contribution in [0.4, 0.5) is 10.1 Å². The highest BCUT2D eigenvalue weighted by Gasteiger charge is 2.12. The third-order valence-electron chi connectivity index (χ3n) is 4.02. The number of carbonyl (C=O) groups excluding carboxylic acids is 2. The minimum absolute atomic E-state index is 0.0704. The first-order chi connectivity index (χ1) is 15.8. The molecule has 1 N–H and O–H groups in total. The first kappa shape index (κ1) is 23.5.